The van der Waals surface area contributed by atoms with Crippen LogP contribution in [0.4, 0.5) is 0 Å². The summed E-state index contributed by atoms with van der Waals surface area (Å²) in [7, 11) is 0. The minimum Gasteiger partial charge on any atom is -0.372 e. The number of hydrogen-bond acceptors (Lipinski definition) is 3. The van der Waals surface area contributed by atoms with E-state index in [0.29, 0.717) is 30.4 Å². The normalized spacial score (nSPS) is 28.8. The lowest BCUT2D eigenvalue weighted by Gasteiger charge is -2.28. The predicted molar refractivity (Wildman–Crippen MR) is 98.7 cm³/mol. The van der Waals surface area contributed by atoms with Crippen molar-refractivity contribution in [2.75, 3.05) is 6.54 Å². The Morgan fingerprint density at radius 2 is 1.71 bits per heavy atom. The second-order valence-corrected chi connectivity index (χ2v) is 8.29. The summed E-state index contributed by atoms with van der Waals surface area (Å²) in [5, 5.41) is 0. The molecule has 2 unspecified atom stereocenters. The highest BCUT2D eigenvalue weighted by Gasteiger charge is 2.36. The van der Waals surface area contributed by atoms with Crippen LogP contribution in [-0.4, -0.2) is 29.1 Å². The molecular weight excluding hydrogens is 298 g/mol. The van der Waals surface area contributed by atoms with E-state index in [1.807, 2.05) is 19.9 Å². The van der Waals surface area contributed by atoms with Gasteiger partial charge in [0.15, 0.2) is 11.6 Å². The molecule has 0 aromatic carbocycles. The number of nitrogens with zero attached hydrogens (tertiary/aromatic N) is 1. The van der Waals surface area contributed by atoms with Crippen LogP contribution in [0.3, 0.4) is 0 Å². The standard InChI is InChI=1S/C21H33NO2/c1-6-8-16-12-17(22(11-7-2)15(16)3)9-10-18-19(23)13-21(4,5)14-20(18)24/h9-10,15-16H,6-8,11-14H2,1-5H3/b17-9+. The average molecular weight is 332 g/mol. The summed E-state index contributed by atoms with van der Waals surface area (Å²) in [4.78, 5) is 27.1. The first-order valence-corrected chi connectivity index (χ1v) is 9.53. The Labute approximate surface area is 147 Å². The van der Waals surface area contributed by atoms with Gasteiger partial charge in [-0.15, -0.1) is 0 Å². The molecule has 0 spiro atoms. The summed E-state index contributed by atoms with van der Waals surface area (Å²) in [5.74, 6) is 0.695. The zero-order valence-corrected chi connectivity index (χ0v) is 16.0. The van der Waals surface area contributed by atoms with Gasteiger partial charge in [-0.25, -0.2) is 0 Å². The van der Waals surface area contributed by atoms with Crippen molar-refractivity contribution in [2.24, 2.45) is 11.3 Å². The fraction of sp³-hybridized carbons (Fsp3) is 0.714. The van der Waals surface area contributed by atoms with Gasteiger partial charge in [0.25, 0.3) is 0 Å². The van der Waals surface area contributed by atoms with Crippen LogP contribution in [-0.2, 0) is 9.59 Å². The molecule has 24 heavy (non-hydrogen) atoms. The Hall–Kier alpha value is -1.38. The SMILES string of the molecule is CCCC1C/C(=C\C=C2C(=O)CC(C)(C)CC2=O)N(CCC)C1C. The van der Waals surface area contributed by atoms with Crippen LogP contribution in [0.5, 0.6) is 0 Å². The maximum absolute atomic E-state index is 12.3. The third-order valence-electron chi connectivity index (χ3n) is 5.46. The number of likely N-dealkylation sites (tertiary alicyclic amines) is 1. The summed E-state index contributed by atoms with van der Waals surface area (Å²) in [6.07, 6.45) is 9.42. The largest absolute Gasteiger partial charge is 0.372 e. The van der Waals surface area contributed by atoms with E-state index in [2.05, 4.69) is 25.7 Å². The van der Waals surface area contributed by atoms with Crippen molar-refractivity contribution in [3.63, 3.8) is 0 Å². The van der Waals surface area contributed by atoms with E-state index in [-0.39, 0.29) is 17.0 Å². The van der Waals surface area contributed by atoms with Crippen molar-refractivity contribution >= 4 is 11.6 Å². The lowest BCUT2D eigenvalue weighted by atomic mass is 9.74. The molecule has 1 heterocycles. The number of carbonyl (C=O) groups excluding carboxylic acids is 2. The molecule has 0 amide bonds. The Kier molecular flexibility index (Phi) is 6.06. The zero-order chi connectivity index (χ0) is 17.9. The van der Waals surface area contributed by atoms with E-state index in [0.717, 1.165) is 19.4 Å². The second-order valence-electron chi connectivity index (χ2n) is 8.29. The molecule has 1 saturated carbocycles. The lowest BCUT2D eigenvalue weighted by molar-refractivity contribution is -0.127. The van der Waals surface area contributed by atoms with Gasteiger partial charge < -0.3 is 4.90 Å². The highest BCUT2D eigenvalue weighted by Crippen LogP contribution is 2.37. The smallest absolute Gasteiger partial charge is 0.166 e. The summed E-state index contributed by atoms with van der Waals surface area (Å²) in [6.45, 7) is 11.8. The quantitative estimate of drug-likeness (QED) is 0.542. The molecule has 0 aromatic heterocycles. The summed E-state index contributed by atoms with van der Waals surface area (Å²) >= 11 is 0. The van der Waals surface area contributed by atoms with Crippen molar-refractivity contribution in [1.29, 1.82) is 0 Å². The molecule has 0 bridgehead atoms. The molecular formula is C21H33NO2. The van der Waals surface area contributed by atoms with Gasteiger partial charge in [-0.3, -0.25) is 9.59 Å². The van der Waals surface area contributed by atoms with Crippen LogP contribution >= 0.6 is 0 Å². The number of allylic oxidation sites excluding steroid dienone is 4. The van der Waals surface area contributed by atoms with Crippen LogP contribution in [0.2, 0.25) is 0 Å². The molecule has 1 saturated heterocycles. The third-order valence-corrected chi connectivity index (χ3v) is 5.46. The topological polar surface area (TPSA) is 37.4 Å². The Morgan fingerprint density at radius 3 is 2.25 bits per heavy atom. The van der Waals surface area contributed by atoms with E-state index in [1.54, 1.807) is 6.08 Å². The molecule has 0 N–H and O–H groups in total. The van der Waals surface area contributed by atoms with E-state index >= 15 is 0 Å². The lowest BCUT2D eigenvalue weighted by Crippen LogP contribution is -2.31. The molecule has 0 aromatic rings. The number of hydrogen-bond donors (Lipinski definition) is 0. The number of Topliss-reactive ketones (excluding diaryl/α,β-unsaturated/α-hetero) is 2. The monoisotopic (exact) mass is 331 g/mol. The molecule has 1 aliphatic carbocycles. The van der Waals surface area contributed by atoms with Gasteiger partial charge in [0, 0.05) is 31.1 Å². The predicted octanol–water partition coefficient (Wildman–Crippen LogP) is 4.68. The minimum atomic E-state index is -0.193. The number of carbonyl (C=O) groups is 2. The van der Waals surface area contributed by atoms with Gasteiger partial charge in [-0.1, -0.05) is 34.1 Å². The van der Waals surface area contributed by atoms with E-state index in [1.165, 1.54) is 18.5 Å². The zero-order valence-electron chi connectivity index (χ0n) is 16.0. The van der Waals surface area contributed by atoms with Crippen LogP contribution in [0.25, 0.3) is 0 Å². The van der Waals surface area contributed by atoms with E-state index in [9.17, 15) is 9.59 Å². The third kappa shape index (κ3) is 4.17. The molecule has 1 aliphatic heterocycles. The van der Waals surface area contributed by atoms with Crippen LogP contribution in [0, 0.1) is 11.3 Å². The first kappa shape index (κ1) is 19.0. The molecule has 0 radical (unpaired) electrons. The maximum atomic E-state index is 12.3. The molecule has 134 valence electrons. The average Bonchev–Trinajstić information content (AvgIpc) is 2.75. The van der Waals surface area contributed by atoms with Gasteiger partial charge in [0.05, 0.1) is 5.57 Å². The Balaban J connectivity index is 2.22. The fourth-order valence-electron chi connectivity index (χ4n) is 4.18. The van der Waals surface area contributed by atoms with Crippen molar-refractivity contribution in [3.05, 3.63) is 23.4 Å². The number of ketones is 2. The maximum Gasteiger partial charge on any atom is 0.166 e. The van der Waals surface area contributed by atoms with Crippen LogP contribution in [0.15, 0.2) is 23.4 Å². The summed E-state index contributed by atoms with van der Waals surface area (Å²) < 4.78 is 0. The minimum absolute atomic E-state index is 0.00583. The van der Waals surface area contributed by atoms with E-state index < -0.39 is 0 Å². The Bertz CT molecular complexity index is 534. The van der Waals surface area contributed by atoms with Gasteiger partial charge >= 0.3 is 0 Å². The number of rotatable bonds is 5. The van der Waals surface area contributed by atoms with Crippen LogP contribution < -0.4 is 0 Å². The van der Waals surface area contributed by atoms with Crippen molar-refractivity contribution in [3.8, 4) is 0 Å². The molecule has 3 heteroatoms. The van der Waals surface area contributed by atoms with Crippen molar-refractivity contribution < 1.29 is 9.59 Å². The van der Waals surface area contributed by atoms with Gasteiger partial charge in [-0.05, 0) is 49.7 Å². The molecule has 2 rings (SSSR count). The van der Waals surface area contributed by atoms with Crippen molar-refractivity contribution in [1.82, 2.24) is 4.90 Å². The summed E-state index contributed by atoms with van der Waals surface area (Å²) in [6, 6.07) is 0.547. The van der Waals surface area contributed by atoms with Gasteiger partial charge in [0.1, 0.15) is 0 Å². The highest BCUT2D eigenvalue weighted by atomic mass is 16.1. The van der Waals surface area contributed by atoms with Gasteiger partial charge in [-0.2, -0.15) is 0 Å². The molecule has 3 nitrogen and oxygen atoms in total. The first-order chi connectivity index (χ1) is 11.3. The van der Waals surface area contributed by atoms with Crippen LogP contribution in [0.1, 0.15) is 73.1 Å². The second kappa shape index (κ2) is 7.67. The summed E-state index contributed by atoms with van der Waals surface area (Å²) in [5.41, 5.74) is 1.51. The highest BCUT2D eigenvalue weighted by molar-refractivity contribution is 6.22. The fourth-order valence-corrected chi connectivity index (χ4v) is 4.18. The Morgan fingerprint density at radius 1 is 1.08 bits per heavy atom. The molecule has 2 aliphatic rings. The molecule has 2 fully saturated rings. The van der Waals surface area contributed by atoms with E-state index in [4.69, 9.17) is 0 Å². The first-order valence-electron chi connectivity index (χ1n) is 9.53. The van der Waals surface area contributed by atoms with Gasteiger partial charge in [0.2, 0.25) is 0 Å². The molecule has 2 atom stereocenters. The van der Waals surface area contributed by atoms with Crippen molar-refractivity contribution in [2.45, 2.75) is 79.2 Å².